The molecule has 6 heteroatoms. The van der Waals surface area contributed by atoms with Crippen molar-refractivity contribution in [3.05, 3.63) is 42.6 Å². The predicted octanol–water partition coefficient (Wildman–Crippen LogP) is 3.56. The summed E-state index contributed by atoms with van der Waals surface area (Å²) < 4.78 is 5.47. The maximum absolute atomic E-state index is 5.47. The first-order chi connectivity index (χ1) is 12.4. The Morgan fingerprint density at radius 3 is 2.96 bits per heavy atom. The molecule has 0 atom stereocenters. The highest BCUT2D eigenvalue weighted by molar-refractivity contribution is 5.94. The van der Waals surface area contributed by atoms with Crippen LogP contribution in [-0.2, 0) is 11.2 Å². The van der Waals surface area contributed by atoms with Crippen LogP contribution in [0.1, 0.15) is 18.7 Å². The second kappa shape index (κ2) is 5.97. The number of nitrogens with zero attached hydrogens (tertiary/aromatic N) is 3. The van der Waals surface area contributed by atoms with E-state index in [9.17, 15) is 0 Å². The molecule has 0 radical (unpaired) electrons. The Kier molecular flexibility index (Phi) is 3.48. The molecule has 0 saturated carbocycles. The van der Waals surface area contributed by atoms with Crippen molar-refractivity contribution in [3.8, 4) is 22.5 Å². The molecule has 2 N–H and O–H groups in total. The van der Waals surface area contributed by atoms with E-state index in [2.05, 4.69) is 26.3 Å². The van der Waals surface area contributed by atoms with Gasteiger partial charge in [-0.2, -0.15) is 0 Å². The number of nitrogens with one attached hydrogen (secondary N) is 2. The van der Waals surface area contributed by atoms with Crippen molar-refractivity contribution in [1.29, 1.82) is 0 Å². The van der Waals surface area contributed by atoms with Crippen molar-refractivity contribution in [2.45, 2.75) is 19.3 Å². The van der Waals surface area contributed by atoms with Crippen LogP contribution in [-0.4, -0.2) is 33.1 Å². The van der Waals surface area contributed by atoms with Crippen LogP contribution in [0.25, 0.3) is 22.5 Å². The van der Waals surface area contributed by atoms with Gasteiger partial charge in [-0.1, -0.05) is 0 Å². The summed E-state index contributed by atoms with van der Waals surface area (Å²) in [5, 5.41) is 3.39. The fourth-order valence-corrected chi connectivity index (χ4v) is 3.67. The van der Waals surface area contributed by atoms with Crippen LogP contribution >= 0.6 is 0 Å². The molecule has 2 aliphatic rings. The summed E-state index contributed by atoms with van der Waals surface area (Å²) in [5.74, 6) is 2.49. The second-order valence-electron chi connectivity index (χ2n) is 6.61. The molecule has 25 heavy (non-hydrogen) atoms. The van der Waals surface area contributed by atoms with E-state index in [4.69, 9.17) is 9.72 Å². The molecule has 3 aromatic heterocycles. The minimum Gasteiger partial charge on any atom is -0.381 e. The molecule has 0 aliphatic carbocycles. The van der Waals surface area contributed by atoms with Crippen LogP contribution in [0, 0.1) is 5.92 Å². The Morgan fingerprint density at radius 1 is 1.12 bits per heavy atom. The molecule has 0 aromatic carbocycles. The SMILES string of the molecule is c1cnc2c(c1)-c1nc(CC3CCOCC3)[nH]c1-c1ccncc1N2. The van der Waals surface area contributed by atoms with Gasteiger partial charge in [0, 0.05) is 43.2 Å². The highest BCUT2D eigenvalue weighted by atomic mass is 16.5. The van der Waals surface area contributed by atoms with E-state index in [0.717, 1.165) is 72.3 Å². The van der Waals surface area contributed by atoms with E-state index in [-0.39, 0.29) is 0 Å². The number of ether oxygens (including phenoxy) is 1. The smallest absolute Gasteiger partial charge is 0.139 e. The second-order valence-corrected chi connectivity index (χ2v) is 6.61. The first-order valence-electron chi connectivity index (χ1n) is 8.72. The molecule has 126 valence electrons. The van der Waals surface area contributed by atoms with Crippen LogP contribution in [0.5, 0.6) is 0 Å². The summed E-state index contributed by atoms with van der Waals surface area (Å²) in [4.78, 5) is 17.3. The van der Waals surface area contributed by atoms with Crippen LogP contribution in [0.3, 0.4) is 0 Å². The molecular formula is C19H19N5O. The lowest BCUT2D eigenvalue weighted by Gasteiger charge is -2.20. The number of anilines is 2. The molecule has 0 amide bonds. The van der Waals surface area contributed by atoms with E-state index in [1.807, 2.05) is 24.5 Å². The van der Waals surface area contributed by atoms with Gasteiger partial charge >= 0.3 is 0 Å². The number of H-pyrrole nitrogens is 1. The lowest BCUT2D eigenvalue weighted by Crippen LogP contribution is -2.18. The molecule has 0 bridgehead atoms. The third-order valence-corrected chi connectivity index (χ3v) is 4.98. The largest absolute Gasteiger partial charge is 0.381 e. The fourth-order valence-electron chi connectivity index (χ4n) is 3.67. The molecule has 1 fully saturated rings. The monoisotopic (exact) mass is 333 g/mol. The van der Waals surface area contributed by atoms with Crippen LogP contribution in [0.15, 0.2) is 36.8 Å². The van der Waals surface area contributed by atoms with Crippen molar-refractivity contribution in [1.82, 2.24) is 19.9 Å². The Balaban J connectivity index is 1.62. The Bertz CT molecular complexity index is 851. The number of hydrogen-bond donors (Lipinski definition) is 2. The maximum Gasteiger partial charge on any atom is 0.139 e. The van der Waals surface area contributed by atoms with E-state index in [1.54, 1.807) is 6.20 Å². The number of pyridine rings is 2. The topological polar surface area (TPSA) is 75.7 Å². The van der Waals surface area contributed by atoms with Crippen LogP contribution in [0.4, 0.5) is 11.5 Å². The quantitative estimate of drug-likeness (QED) is 0.586. The lowest BCUT2D eigenvalue weighted by molar-refractivity contribution is 0.0660. The predicted molar refractivity (Wildman–Crippen MR) is 95.6 cm³/mol. The summed E-state index contributed by atoms with van der Waals surface area (Å²) in [7, 11) is 0. The van der Waals surface area contributed by atoms with E-state index in [1.165, 1.54) is 0 Å². The number of imidazole rings is 1. The highest BCUT2D eigenvalue weighted by Gasteiger charge is 2.24. The van der Waals surface area contributed by atoms with Crippen molar-refractivity contribution in [3.63, 3.8) is 0 Å². The van der Waals surface area contributed by atoms with Gasteiger partial charge in [0.25, 0.3) is 0 Å². The van der Waals surface area contributed by atoms with Gasteiger partial charge in [0.1, 0.15) is 17.3 Å². The van der Waals surface area contributed by atoms with Gasteiger partial charge in [-0.05, 0) is 37.0 Å². The number of rotatable bonds is 2. The average Bonchev–Trinajstić information content (AvgIpc) is 3.01. The van der Waals surface area contributed by atoms with Crippen LogP contribution in [0.2, 0.25) is 0 Å². The van der Waals surface area contributed by atoms with Gasteiger partial charge in [-0.25, -0.2) is 9.97 Å². The van der Waals surface area contributed by atoms with Gasteiger partial charge in [0.05, 0.1) is 17.6 Å². The van der Waals surface area contributed by atoms with Gasteiger partial charge in [0.2, 0.25) is 0 Å². The van der Waals surface area contributed by atoms with Crippen molar-refractivity contribution in [2.75, 3.05) is 18.5 Å². The van der Waals surface area contributed by atoms with E-state index in [0.29, 0.717) is 5.92 Å². The third kappa shape index (κ3) is 2.59. The molecule has 6 nitrogen and oxygen atoms in total. The molecule has 2 aliphatic heterocycles. The minimum absolute atomic E-state index is 0.631. The number of hydrogen-bond acceptors (Lipinski definition) is 5. The molecule has 0 unspecified atom stereocenters. The summed E-state index contributed by atoms with van der Waals surface area (Å²) in [6.45, 7) is 1.71. The van der Waals surface area contributed by atoms with E-state index >= 15 is 0 Å². The lowest BCUT2D eigenvalue weighted by atomic mass is 9.96. The van der Waals surface area contributed by atoms with Crippen LogP contribution < -0.4 is 5.32 Å². The van der Waals surface area contributed by atoms with Gasteiger partial charge in [-0.15, -0.1) is 0 Å². The number of aromatic nitrogens is 4. The molecule has 5 heterocycles. The number of aromatic amines is 1. The first kappa shape index (κ1) is 14.6. The average molecular weight is 333 g/mol. The van der Waals surface area contributed by atoms with Gasteiger partial charge < -0.3 is 15.0 Å². The van der Waals surface area contributed by atoms with Gasteiger partial charge in [-0.3, -0.25) is 4.98 Å². The van der Waals surface area contributed by atoms with Gasteiger partial charge in [0.15, 0.2) is 0 Å². The zero-order chi connectivity index (χ0) is 16.6. The Morgan fingerprint density at radius 2 is 2.04 bits per heavy atom. The summed E-state index contributed by atoms with van der Waals surface area (Å²) in [6.07, 6.45) is 8.61. The van der Waals surface area contributed by atoms with Crippen molar-refractivity contribution >= 4 is 11.5 Å². The third-order valence-electron chi connectivity index (χ3n) is 4.98. The Labute approximate surface area is 145 Å². The van der Waals surface area contributed by atoms with Crippen molar-refractivity contribution in [2.24, 2.45) is 5.92 Å². The zero-order valence-electron chi connectivity index (χ0n) is 13.8. The van der Waals surface area contributed by atoms with Crippen molar-refractivity contribution < 1.29 is 4.74 Å². The molecule has 0 spiro atoms. The first-order valence-corrected chi connectivity index (χ1v) is 8.72. The standard InChI is InChI=1S/C19H19N5O/c1-2-14-18-17(23-16(24-18)10-12-4-8-25-9-5-12)13-3-7-20-11-15(13)22-19(14)21-6-1/h1-3,6-7,11-12H,4-5,8-10H2,(H,21,22)(H,23,24). The Hall–Kier alpha value is -2.73. The summed E-state index contributed by atoms with van der Waals surface area (Å²) in [5.41, 5.74) is 5.04. The maximum atomic E-state index is 5.47. The highest BCUT2D eigenvalue weighted by Crippen LogP contribution is 2.41. The molecule has 3 aromatic rings. The number of fused-ring (bicyclic) bond motifs is 5. The summed E-state index contributed by atoms with van der Waals surface area (Å²) in [6, 6.07) is 6.03. The normalized spacial score (nSPS) is 16.3. The molecular weight excluding hydrogens is 314 g/mol. The summed E-state index contributed by atoms with van der Waals surface area (Å²) >= 11 is 0. The zero-order valence-corrected chi connectivity index (χ0v) is 13.8. The molecule has 5 rings (SSSR count). The van der Waals surface area contributed by atoms with E-state index < -0.39 is 0 Å². The minimum atomic E-state index is 0.631. The fraction of sp³-hybridized carbons (Fsp3) is 0.316. The molecule has 1 saturated heterocycles.